The van der Waals surface area contributed by atoms with E-state index < -0.39 is 0 Å². The summed E-state index contributed by atoms with van der Waals surface area (Å²) in [5, 5.41) is 13.7. The Labute approximate surface area is 93.8 Å². The van der Waals surface area contributed by atoms with Gasteiger partial charge in [-0.1, -0.05) is 23.4 Å². The molecule has 1 heterocycles. The quantitative estimate of drug-likeness (QED) is 0.395. The Kier molecular flexibility index (Phi) is 2.17. The van der Waals surface area contributed by atoms with Gasteiger partial charge in [0, 0.05) is 10.9 Å². The highest BCUT2D eigenvalue weighted by atomic mass is 16.4. The van der Waals surface area contributed by atoms with E-state index in [4.69, 9.17) is 5.21 Å². The van der Waals surface area contributed by atoms with Gasteiger partial charge in [-0.15, -0.1) is 0 Å². The SMILES string of the molecule is ON=C1CCCCc2c1[nH]c1ccccc21. The number of aromatic amines is 1. The molecule has 16 heavy (non-hydrogen) atoms. The summed E-state index contributed by atoms with van der Waals surface area (Å²) < 4.78 is 0. The van der Waals surface area contributed by atoms with Crippen molar-refractivity contribution in [3.63, 3.8) is 0 Å². The van der Waals surface area contributed by atoms with E-state index >= 15 is 0 Å². The van der Waals surface area contributed by atoms with Gasteiger partial charge in [-0.25, -0.2) is 0 Å². The van der Waals surface area contributed by atoms with Gasteiger partial charge in [-0.2, -0.15) is 0 Å². The number of benzene rings is 1. The maximum atomic E-state index is 9.06. The molecule has 0 aliphatic heterocycles. The number of aromatic nitrogens is 1. The minimum absolute atomic E-state index is 0.795. The van der Waals surface area contributed by atoms with Crippen molar-refractivity contribution in [2.45, 2.75) is 25.7 Å². The fourth-order valence-corrected chi connectivity index (χ4v) is 2.53. The van der Waals surface area contributed by atoms with E-state index in [1.165, 1.54) is 10.9 Å². The second-order valence-electron chi connectivity index (χ2n) is 4.28. The highest BCUT2D eigenvalue weighted by Gasteiger charge is 2.18. The fraction of sp³-hybridized carbons (Fsp3) is 0.308. The zero-order chi connectivity index (χ0) is 11.0. The number of H-pyrrole nitrogens is 1. The third-order valence-corrected chi connectivity index (χ3v) is 3.31. The van der Waals surface area contributed by atoms with Crippen LogP contribution in [0.2, 0.25) is 0 Å². The second kappa shape index (κ2) is 3.67. The molecule has 0 amide bonds. The topological polar surface area (TPSA) is 48.4 Å². The first-order valence-electron chi connectivity index (χ1n) is 5.71. The molecule has 0 bridgehead atoms. The number of nitrogens with one attached hydrogen (secondary N) is 1. The lowest BCUT2D eigenvalue weighted by Crippen LogP contribution is -2.01. The lowest BCUT2D eigenvalue weighted by atomic mass is 10.1. The third-order valence-electron chi connectivity index (χ3n) is 3.31. The average molecular weight is 214 g/mol. The van der Waals surface area contributed by atoms with E-state index in [-0.39, 0.29) is 0 Å². The number of rotatable bonds is 0. The minimum atomic E-state index is 0.795. The zero-order valence-corrected chi connectivity index (χ0v) is 9.03. The van der Waals surface area contributed by atoms with Crippen molar-refractivity contribution < 1.29 is 5.21 Å². The maximum absolute atomic E-state index is 9.06. The molecule has 3 rings (SSSR count). The highest BCUT2D eigenvalue weighted by molar-refractivity contribution is 6.05. The van der Waals surface area contributed by atoms with E-state index in [0.29, 0.717) is 0 Å². The Morgan fingerprint density at radius 3 is 2.81 bits per heavy atom. The first-order chi connectivity index (χ1) is 7.90. The Bertz CT molecular complexity index is 554. The molecule has 1 aromatic carbocycles. The van der Waals surface area contributed by atoms with E-state index in [1.54, 1.807) is 0 Å². The second-order valence-corrected chi connectivity index (χ2v) is 4.28. The molecule has 0 atom stereocenters. The predicted molar refractivity (Wildman–Crippen MR) is 64.2 cm³/mol. The number of hydrogen-bond acceptors (Lipinski definition) is 2. The van der Waals surface area contributed by atoms with Gasteiger partial charge in [-0.3, -0.25) is 0 Å². The number of para-hydroxylation sites is 1. The summed E-state index contributed by atoms with van der Waals surface area (Å²) in [6.45, 7) is 0. The molecule has 1 aliphatic rings. The Morgan fingerprint density at radius 1 is 1.12 bits per heavy atom. The lowest BCUT2D eigenvalue weighted by Gasteiger charge is -1.98. The van der Waals surface area contributed by atoms with Crippen LogP contribution in [0.25, 0.3) is 10.9 Å². The summed E-state index contributed by atoms with van der Waals surface area (Å²) in [6.07, 6.45) is 4.18. The van der Waals surface area contributed by atoms with Gasteiger partial charge in [0.2, 0.25) is 0 Å². The standard InChI is InChI=1S/C13H14N2O/c16-15-12-8-4-2-6-10-9-5-1-3-7-11(9)14-13(10)12/h1,3,5,7,14,16H,2,4,6,8H2. The number of hydrogen-bond donors (Lipinski definition) is 2. The molecule has 0 unspecified atom stereocenters. The van der Waals surface area contributed by atoms with Gasteiger partial charge >= 0.3 is 0 Å². The molecular weight excluding hydrogens is 200 g/mol. The van der Waals surface area contributed by atoms with Crippen molar-refractivity contribution in [3.05, 3.63) is 35.5 Å². The Hall–Kier alpha value is -1.77. The molecule has 0 saturated heterocycles. The van der Waals surface area contributed by atoms with Crippen LogP contribution in [0.4, 0.5) is 0 Å². The summed E-state index contributed by atoms with van der Waals surface area (Å²) in [5.41, 5.74) is 4.27. The fourth-order valence-electron chi connectivity index (χ4n) is 2.53. The number of fused-ring (bicyclic) bond motifs is 3. The van der Waals surface area contributed by atoms with E-state index in [0.717, 1.165) is 42.6 Å². The molecule has 0 spiro atoms. The van der Waals surface area contributed by atoms with Crippen molar-refractivity contribution in [2.75, 3.05) is 0 Å². The summed E-state index contributed by atoms with van der Waals surface area (Å²) >= 11 is 0. The van der Waals surface area contributed by atoms with Crippen LogP contribution < -0.4 is 0 Å². The molecule has 0 saturated carbocycles. The lowest BCUT2D eigenvalue weighted by molar-refractivity contribution is 0.318. The van der Waals surface area contributed by atoms with Crippen LogP contribution in [-0.2, 0) is 6.42 Å². The van der Waals surface area contributed by atoms with Crippen molar-refractivity contribution in [3.8, 4) is 0 Å². The number of nitrogens with zero attached hydrogens (tertiary/aromatic N) is 1. The van der Waals surface area contributed by atoms with Crippen LogP contribution in [0.3, 0.4) is 0 Å². The minimum Gasteiger partial charge on any atom is -0.411 e. The molecule has 3 nitrogen and oxygen atoms in total. The van der Waals surface area contributed by atoms with Crippen molar-refractivity contribution in [1.29, 1.82) is 0 Å². The van der Waals surface area contributed by atoms with Gasteiger partial charge in [0.25, 0.3) is 0 Å². The maximum Gasteiger partial charge on any atom is 0.103 e. The molecule has 1 aromatic heterocycles. The van der Waals surface area contributed by atoms with Gasteiger partial charge in [0.05, 0.1) is 5.69 Å². The first kappa shape index (κ1) is 9.46. The summed E-state index contributed by atoms with van der Waals surface area (Å²) in [4.78, 5) is 3.37. The van der Waals surface area contributed by atoms with Crippen LogP contribution in [0.15, 0.2) is 29.4 Å². The van der Waals surface area contributed by atoms with Crippen LogP contribution in [0, 0.1) is 0 Å². The van der Waals surface area contributed by atoms with Crippen LogP contribution in [0.1, 0.15) is 30.5 Å². The Morgan fingerprint density at radius 2 is 1.94 bits per heavy atom. The number of oxime groups is 1. The van der Waals surface area contributed by atoms with Gasteiger partial charge in [0.15, 0.2) is 0 Å². The van der Waals surface area contributed by atoms with Crippen molar-refractivity contribution >= 4 is 16.6 Å². The molecule has 0 radical (unpaired) electrons. The van der Waals surface area contributed by atoms with E-state index in [9.17, 15) is 0 Å². The smallest absolute Gasteiger partial charge is 0.103 e. The highest BCUT2D eigenvalue weighted by Crippen LogP contribution is 2.28. The zero-order valence-electron chi connectivity index (χ0n) is 9.03. The van der Waals surface area contributed by atoms with Gasteiger partial charge in [0.1, 0.15) is 5.71 Å². The summed E-state index contributed by atoms with van der Waals surface area (Å²) in [6, 6.07) is 8.27. The van der Waals surface area contributed by atoms with Crippen LogP contribution in [0.5, 0.6) is 0 Å². The first-order valence-corrected chi connectivity index (χ1v) is 5.71. The Balaban J connectivity index is 2.29. The summed E-state index contributed by atoms with van der Waals surface area (Å²) in [7, 11) is 0. The van der Waals surface area contributed by atoms with Crippen molar-refractivity contribution in [2.24, 2.45) is 5.16 Å². The average Bonchev–Trinajstić information content (AvgIpc) is 2.56. The molecular formula is C13H14N2O. The molecule has 2 N–H and O–H groups in total. The summed E-state index contributed by atoms with van der Waals surface area (Å²) in [5.74, 6) is 0. The third kappa shape index (κ3) is 1.32. The molecule has 3 heteroatoms. The molecule has 2 aromatic rings. The largest absolute Gasteiger partial charge is 0.411 e. The van der Waals surface area contributed by atoms with E-state index in [2.05, 4.69) is 28.3 Å². The predicted octanol–water partition coefficient (Wildman–Crippen LogP) is 3.07. The molecule has 82 valence electrons. The normalized spacial score (nSPS) is 18.6. The van der Waals surface area contributed by atoms with Gasteiger partial charge in [-0.05, 0) is 37.3 Å². The molecule has 1 aliphatic carbocycles. The number of aryl methyl sites for hydroxylation is 1. The van der Waals surface area contributed by atoms with Crippen molar-refractivity contribution in [1.82, 2.24) is 4.98 Å². The van der Waals surface area contributed by atoms with Gasteiger partial charge < -0.3 is 10.2 Å². The van der Waals surface area contributed by atoms with Crippen LogP contribution >= 0.6 is 0 Å². The molecule has 0 fully saturated rings. The monoisotopic (exact) mass is 214 g/mol. The van der Waals surface area contributed by atoms with Crippen LogP contribution in [-0.4, -0.2) is 15.9 Å². The van der Waals surface area contributed by atoms with E-state index in [1.807, 2.05) is 6.07 Å².